The fourth-order valence-corrected chi connectivity index (χ4v) is 2.45. The zero-order valence-corrected chi connectivity index (χ0v) is 11.0. The number of hydrogen-bond donors (Lipinski definition) is 1. The lowest BCUT2D eigenvalue weighted by molar-refractivity contribution is -0.201. The molecule has 2 fully saturated rings. The Morgan fingerprint density at radius 3 is 3.16 bits per heavy atom. The van der Waals surface area contributed by atoms with Crippen molar-refractivity contribution in [1.82, 2.24) is 15.3 Å². The molecule has 0 bridgehead atoms. The number of amides is 1. The average molecular weight is 265 g/mol. The molecule has 1 N–H and O–H groups in total. The van der Waals surface area contributed by atoms with Gasteiger partial charge in [-0.25, -0.2) is 10.3 Å². The Bertz CT molecular complexity index is 454. The van der Waals surface area contributed by atoms with Crippen LogP contribution in [-0.2, 0) is 21.4 Å². The van der Waals surface area contributed by atoms with Crippen molar-refractivity contribution in [3.63, 3.8) is 0 Å². The third-order valence-corrected chi connectivity index (χ3v) is 3.67. The number of hydrogen-bond acceptors (Lipinski definition) is 4. The van der Waals surface area contributed by atoms with E-state index in [4.69, 9.17) is 9.57 Å². The Morgan fingerprint density at radius 2 is 2.47 bits per heavy atom. The molecule has 0 aromatic carbocycles. The number of nitrogens with zero attached hydrogens (tertiary/aromatic N) is 2. The van der Waals surface area contributed by atoms with Crippen molar-refractivity contribution in [1.29, 1.82) is 0 Å². The summed E-state index contributed by atoms with van der Waals surface area (Å²) < 4.78 is 7.15. The minimum atomic E-state index is -0.287. The molecule has 19 heavy (non-hydrogen) atoms. The lowest BCUT2D eigenvalue weighted by Gasteiger charge is -2.22. The highest BCUT2D eigenvalue weighted by Crippen LogP contribution is 2.46. The van der Waals surface area contributed by atoms with Crippen molar-refractivity contribution >= 4 is 5.91 Å². The summed E-state index contributed by atoms with van der Waals surface area (Å²) in [6.07, 6.45) is 5.45. The van der Waals surface area contributed by atoms with Gasteiger partial charge in [-0.3, -0.25) is 9.48 Å². The predicted octanol–water partition coefficient (Wildman–Crippen LogP) is 1.10. The van der Waals surface area contributed by atoms with Crippen LogP contribution in [0.2, 0.25) is 0 Å². The normalized spacial score (nSPS) is 30.1. The first-order valence-electron chi connectivity index (χ1n) is 6.80. The number of aryl methyl sites for hydroxylation is 1. The van der Waals surface area contributed by atoms with E-state index in [0.29, 0.717) is 6.61 Å². The predicted molar refractivity (Wildman–Crippen MR) is 66.9 cm³/mol. The molecule has 1 amide bonds. The van der Waals surface area contributed by atoms with Gasteiger partial charge in [0.1, 0.15) is 0 Å². The summed E-state index contributed by atoms with van der Waals surface area (Å²) in [5, 5.41) is 4.33. The summed E-state index contributed by atoms with van der Waals surface area (Å²) in [6, 6.07) is 1.96. The first-order valence-corrected chi connectivity index (χ1v) is 6.80. The minimum absolute atomic E-state index is 0.0153. The van der Waals surface area contributed by atoms with Gasteiger partial charge >= 0.3 is 0 Å². The molecule has 2 heterocycles. The molecule has 1 unspecified atom stereocenters. The maximum atomic E-state index is 11.9. The SMILES string of the molecule is Cn1ccc([C@@H]2C[C@H]2C(=O)NOC2CCCCO2)n1. The topological polar surface area (TPSA) is 65.4 Å². The molecule has 1 saturated carbocycles. The summed E-state index contributed by atoms with van der Waals surface area (Å²) in [6.45, 7) is 0.709. The molecule has 1 aliphatic carbocycles. The van der Waals surface area contributed by atoms with E-state index < -0.39 is 0 Å². The highest BCUT2D eigenvalue weighted by molar-refractivity contribution is 5.81. The molecule has 2 aliphatic rings. The van der Waals surface area contributed by atoms with Gasteiger partial charge in [-0.05, 0) is 25.3 Å². The van der Waals surface area contributed by atoms with Gasteiger partial charge in [0.25, 0.3) is 0 Å². The molecule has 3 rings (SSSR count). The standard InChI is InChI=1S/C13H19N3O3/c1-16-6-5-11(14-16)9-8-10(9)13(17)15-19-12-4-2-3-7-18-12/h5-6,9-10,12H,2-4,7-8H2,1H3,(H,15,17)/t9-,10-,12?/m1/s1. The number of nitrogens with one attached hydrogen (secondary N) is 1. The highest BCUT2D eigenvalue weighted by atomic mass is 16.8. The molecular formula is C13H19N3O3. The van der Waals surface area contributed by atoms with E-state index >= 15 is 0 Å². The van der Waals surface area contributed by atoms with Crippen LogP contribution >= 0.6 is 0 Å². The zero-order chi connectivity index (χ0) is 13.2. The van der Waals surface area contributed by atoms with Crippen molar-refractivity contribution in [2.75, 3.05) is 6.61 Å². The number of hydroxylamine groups is 1. The zero-order valence-electron chi connectivity index (χ0n) is 11.0. The number of rotatable bonds is 4. The lowest BCUT2D eigenvalue weighted by Crippen LogP contribution is -2.34. The van der Waals surface area contributed by atoms with E-state index in [1.54, 1.807) is 4.68 Å². The van der Waals surface area contributed by atoms with Crippen LogP contribution in [0.3, 0.4) is 0 Å². The minimum Gasteiger partial charge on any atom is -0.350 e. The van der Waals surface area contributed by atoms with Crippen molar-refractivity contribution in [3.05, 3.63) is 18.0 Å². The van der Waals surface area contributed by atoms with Crippen molar-refractivity contribution in [2.45, 2.75) is 37.9 Å². The number of ether oxygens (including phenoxy) is 1. The van der Waals surface area contributed by atoms with Crippen LogP contribution in [0.4, 0.5) is 0 Å². The monoisotopic (exact) mass is 265 g/mol. The van der Waals surface area contributed by atoms with Gasteiger partial charge in [0.2, 0.25) is 5.91 Å². The Kier molecular flexibility index (Phi) is 3.52. The van der Waals surface area contributed by atoms with E-state index in [1.807, 2.05) is 19.3 Å². The lowest BCUT2D eigenvalue weighted by atomic mass is 10.2. The van der Waals surface area contributed by atoms with E-state index in [9.17, 15) is 4.79 Å². The second kappa shape index (κ2) is 5.30. The van der Waals surface area contributed by atoms with Gasteiger partial charge in [0.05, 0.1) is 5.69 Å². The smallest absolute Gasteiger partial charge is 0.247 e. The fraction of sp³-hybridized carbons (Fsp3) is 0.692. The van der Waals surface area contributed by atoms with Crippen molar-refractivity contribution in [3.8, 4) is 0 Å². The van der Waals surface area contributed by atoms with E-state index in [1.165, 1.54) is 0 Å². The summed E-state index contributed by atoms with van der Waals surface area (Å²) in [5.41, 5.74) is 3.51. The van der Waals surface area contributed by atoms with Crippen LogP contribution < -0.4 is 5.48 Å². The second-order valence-electron chi connectivity index (χ2n) is 5.24. The van der Waals surface area contributed by atoms with Crippen LogP contribution in [-0.4, -0.2) is 28.6 Å². The molecule has 1 saturated heterocycles. The summed E-state index contributed by atoms with van der Waals surface area (Å²) >= 11 is 0. The molecule has 3 atom stereocenters. The quantitative estimate of drug-likeness (QED) is 0.828. The summed E-state index contributed by atoms with van der Waals surface area (Å²) in [7, 11) is 1.88. The van der Waals surface area contributed by atoms with Gasteiger partial charge in [-0.15, -0.1) is 0 Å². The molecule has 1 aromatic heterocycles. The molecule has 1 aromatic rings. The Hall–Kier alpha value is -1.40. The van der Waals surface area contributed by atoms with Gasteiger partial charge in [-0.1, -0.05) is 0 Å². The molecule has 6 heteroatoms. The summed E-state index contributed by atoms with van der Waals surface area (Å²) in [5.74, 6) is 0.153. The van der Waals surface area contributed by atoms with Gasteiger partial charge < -0.3 is 4.74 Å². The van der Waals surface area contributed by atoms with E-state index in [0.717, 1.165) is 31.4 Å². The first-order chi connectivity index (χ1) is 9.24. The first kappa shape index (κ1) is 12.6. The van der Waals surface area contributed by atoms with Crippen molar-refractivity contribution in [2.24, 2.45) is 13.0 Å². The fourth-order valence-electron chi connectivity index (χ4n) is 2.45. The van der Waals surface area contributed by atoms with Crippen molar-refractivity contribution < 1.29 is 14.4 Å². The maximum Gasteiger partial charge on any atom is 0.247 e. The maximum absolute atomic E-state index is 11.9. The molecule has 1 aliphatic heterocycles. The van der Waals surface area contributed by atoms with Gasteiger partial charge in [0, 0.05) is 38.1 Å². The third kappa shape index (κ3) is 2.96. The Morgan fingerprint density at radius 1 is 1.58 bits per heavy atom. The number of aromatic nitrogens is 2. The van der Waals surface area contributed by atoms with Gasteiger partial charge in [0.15, 0.2) is 6.29 Å². The molecule has 0 radical (unpaired) electrons. The summed E-state index contributed by atoms with van der Waals surface area (Å²) in [4.78, 5) is 17.2. The van der Waals surface area contributed by atoms with Crippen LogP contribution in [0.15, 0.2) is 12.3 Å². The number of carbonyl (C=O) groups excluding carboxylic acids is 1. The molecule has 0 spiro atoms. The van der Waals surface area contributed by atoms with E-state index in [2.05, 4.69) is 10.6 Å². The van der Waals surface area contributed by atoms with Crippen LogP contribution in [0.1, 0.15) is 37.3 Å². The molecule has 104 valence electrons. The average Bonchev–Trinajstić information content (AvgIpc) is 3.13. The molecule has 6 nitrogen and oxygen atoms in total. The van der Waals surface area contributed by atoms with Crippen LogP contribution in [0.25, 0.3) is 0 Å². The third-order valence-electron chi connectivity index (χ3n) is 3.67. The Labute approximate surface area is 112 Å². The van der Waals surface area contributed by atoms with Gasteiger partial charge in [-0.2, -0.15) is 5.10 Å². The van der Waals surface area contributed by atoms with Crippen LogP contribution in [0, 0.1) is 5.92 Å². The highest BCUT2D eigenvalue weighted by Gasteiger charge is 2.45. The van der Waals surface area contributed by atoms with E-state index in [-0.39, 0.29) is 24.0 Å². The molecular weight excluding hydrogens is 246 g/mol. The second-order valence-corrected chi connectivity index (χ2v) is 5.24. The van der Waals surface area contributed by atoms with Crippen LogP contribution in [0.5, 0.6) is 0 Å². The number of carbonyl (C=O) groups is 1. The Balaban J connectivity index is 1.44. The largest absolute Gasteiger partial charge is 0.350 e.